The highest BCUT2D eigenvalue weighted by atomic mass is 19.1. The van der Waals surface area contributed by atoms with E-state index in [2.05, 4.69) is 53.1 Å². The van der Waals surface area contributed by atoms with Gasteiger partial charge in [0, 0.05) is 24.2 Å². The molecule has 0 aliphatic heterocycles. The SMILES string of the molecule is CC[C@H](c1nnnn1C(C)(C)CC)N(Cc1ccc(F)cc1)Cc1cc2ccc(C)cc2[nH]c1=O. The molecule has 0 aliphatic rings. The number of hydrogen-bond donors (Lipinski definition) is 1. The van der Waals surface area contributed by atoms with Crippen molar-refractivity contribution in [1.82, 2.24) is 30.1 Å². The van der Waals surface area contributed by atoms with Crippen molar-refractivity contribution in [3.05, 3.63) is 87.2 Å². The lowest BCUT2D eigenvalue weighted by molar-refractivity contribution is 0.150. The number of pyridine rings is 1. The Bertz CT molecular complexity index is 1360. The third kappa shape index (κ3) is 5.32. The highest BCUT2D eigenvalue weighted by Crippen LogP contribution is 2.30. The predicted octanol–water partition coefficient (Wildman–Crippen LogP) is 5.26. The molecule has 0 unspecified atom stereocenters. The number of fused-ring (bicyclic) bond motifs is 1. The summed E-state index contributed by atoms with van der Waals surface area (Å²) < 4.78 is 15.5. The van der Waals surface area contributed by atoms with Gasteiger partial charge in [0.2, 0.25) is 0 Å². The Balaban J connectivity index is 1.77. The first-order valence-electron chi connectivity index (χ1n) is 12.1. The molecule has 0 bridgehead atoms. The Labute approximate surface area is 205 Å². The van der Waals surface area contributed by atoms with Crippen molar-refractivity contribution in [2.45, 2.75) is 72.1 Å². The van der Waals surface area contributed by atoms with Gasteiger partial charge in [0.1, 0.15) is 5.82 Å². The number of H-pyrrole nitrogens is 1. The first-order valence-corrected chi connectivity index (χ1v) is 12.1. The molecule has 0 spiro atoms. The van der Waals surface area contributed by atoms with E-state index in [0.717, 1.165) is 40.7 Å². The second-order valence-corrected chi connectivity index (χ2v) is 9.78. The molecule has 0 radical (unpaired) electrons. The molecule has 2 heterocycles. The fourth-order valence-corrected chi connectivity index (χ4v) is 4.38. The van der Waals surface area contributed by atoms with E-state index in [9.17, 15) is 9.18 Å². The van der Waals surface area contributed by atoms with Crippen LogP contribution in [0.15, 0.2) is 53.3 Å². The van der Waals surface area contributed by atoms with Gasteiger partial charge in [0.15, 0.2) is 5.82 Å². The van der Waals surface area contributed by atoms with Crippen LogP contribution in [0, 0.1) is 12.7 Å². The van der Waals surface area contributed by atoms with Gasteiger partial charge >= 0.3 is 0 Å². The highest BCUT2D eigenvalue weighted by Gasteiger charge is 2.31. The summed E-state index contributed by atoms with van der Waals surface area (Å²) in [7, 11) is 0. The minimum atomic E-state index is -0.276. The summed E-state index contributed by atoms with van der Waals surface area (Å²) in [5.41, 5.74) is 3.16. The largest absolute Gasteiger partial charge is 0.322 e. The Morgan fingerprint density at radius 1 is 1.09 bits per heavy atom. The quantitative estimate of drug-likeness (QED) is 0.356. The van der Waals surface area contributed by atoms with Crippen LogP contribution >= 0.6 is 0 Å². The Morgan fingerprint density at radius 2 is 1.83 bits per heavy atom. The molecule has 0 amide bonds. The number of hydrogen-bond acceptors (Lipinski definition) is 5. The lowest BCUT2D eigenvalue weighted by Crippen LogP contribution is -2.36. The summed E-state index contributed by atoms with van der Waals surface area (Å²) in [6.45, 7) is 11.3. The van der Waals surface area contributed by atoms with Crippen LogP contribution in [0.2, 0.25) is 0 Å². The Hall–Kier alpha value is -3.39. The lowest BCUT2D eigenvalue weighted by Gasteiger charge is -2.33. The number of halogens is 1. The van der Waals surface area contributed by atoms with Crippen LogP contribution < -0.4 is 5.56 Å². The smallest absolute Gasteiger partial charge is 0.252 e. The van der Waals surface area contributed by atoms with Crippen LogP contribution in [0.5, 0.6) is 0 Å². The molecule has 8 heteroatoms. The van der Waals surface area contributed by atoms with E-state index >= 15 is 0 Å². The van der Waals surface area contributed by atoms with Gasteiger partial charge < -0.3 is 4.98 Å². The van der Waals surface area contributed by atoms with Gasteiger partial charge in [-0.15, -0.1) is 5.10 Å². The zero-order chi connectivity index (χ0) is 25.2. The van der Waals surface area contributed by atoms with Crippen LogP contribution in [0.4, 0.5) is 4.39 Å². The predicted molar refractivity (Wildman–Crippen MR) is 135 cm³/mol. The van der Waals surface area contributed by atoms with E-state index in [1.165, 1.54) is 12.1 Å². The van der Waals surface area contributed by atoms with Gasteiger partial charge in [0.05, 0.1) is 11.6 Å². The molecule has 0 fully saturated rings. The molecule has 4 rings (SSSR count). The van der Waals surface area contributed by atoms with Crippen LogP contribution in [0.25, 0.3) is 10.9 Å². The molecule has 0 saturated heterocycles. The summed E-state index contributed by atoms with van der Waals surface area (Å²) in [5, 5.41) is 13.7. The van der Waals surface area contributed by atoms with Crippen molar-refractivity contribution in [2.75, 3.05) is 0 Å². The lowest BCUT2D eigenvalue weighted by atomic mass is 10.0. The fourth-order valence-electron chi connectivity index (χ4n) is 4.38. The van der Waals surface area contributed by atoms with Crippen molar-refractivity contribution in [3.8, 4) is 0 Å². The number of nitrogens with zero attached hydrogens (tertiary/aromatic N) is 5. The summed E-state index contributed by atoms with van der Waals surface area (Å²) in [6.07, 6.45) is 1.61. The number of aryl methyl sites for hydroxylation is 1. The average Bonchev–Trinajstić information content (AvgIpc) is 3.32. The highest BCUT2D eigenvalue weighted by molar-refractivity contribution is 5.79. The molecule has 1 atom stereocenters. The van der Waals surface area contributed by atoms with Gasteiger partial charge in [-0.2, -0.15) is 0 Å². The van der Waals surface area contributed by atoms with Crippen LogP contribution in [0.1, 0.15) is 69.1 Å². The van der Waals surface area contributed by atoms with E-state index in [0.29, 0.717) is 18.7 Å². The number of rotatable bonds is 9. The minimum absolute atomic E-state index is 0.115. The zero-order valence-corrected chi connectivity index (χ0v) is 21.0. The maximum atomic E-state index is 13.6. The Morgan fingerprint density at radius 3 is 2.51 bits per heavy atom. The minimum Gasteiger partial charge on any atom is -0.322 e. The number of benzene rings is 2. The van der Waals surface area contributed by atoms with E-state index in [-0.39, 0.29) is 23.0 Å². The number of nitrogens with one attached hydrogen (secondary N) is 1. The second-order valence-electron chi connectivity index (χ2n) is 9.78. The Kier molecular flexibility index (Phi) is 7.12. The second kappa shape index (κ2) is 10.1. The topological polar surface area (TPSA) is 79.7 Å². The standard InChI is InChI=1S/C27H33FN6O/c1-6-24(25-30-31-32-34(25)27(4,5)7-2)33(16-19-9-12-22(28)13-10-19)17-21-15-20-11-8-18(3)14-23(20)29-26(21)35/h8-15,24H,6-7,16-17H2,1-5H3,(H,29,35)/t24-/m1/s1. The third-order valence-electron chi connectivity index (χ3n) is 6.81. The summed E-state index contributed by atoms with van der Waals surface area (Å²) >= 11 is 0. The van der Waals surface area contributed by atoms with Gasteiger partial charge in [-0.3, -0.25) is 9.69 Å². The molecular weight excluding hydrogens is 443 g/mol. The molecule has 2 aromatic carbocycles. The van der Waals surface area contributed by atoms with Crippen LogP contribution in [-0.4, -0.2) is 30.1 Å². The fraction of sp³-hybridized carbons (Fsp3) is 0.407. The summed E-state index contributed by atoms with van der Waals surface area (Å²) in [5.74, 6) is 0.483. The molecule has 0 saturated carbocycles. The number of aromatic nitrogens is 5. The van der Waals surface area contributed by atoms with Gasteiger partial charge in [-0.05, 0) is 84.8 Å². The maximum Gasteiger partial charge on any atom is 0.252 e. The molecule has 35 heavy (non-hydrogen) atoms. The average molecular weight is 477 g/mol. The number of tetrazole rings is 1. The van der Waals surface area contributed by atoms with Crippen molar-refractivity contribution in [2.24, 2.45) is 0 Å². The van der Waals surface area contributed by atoms with E-state index < -0.39 is 0 Å². The van der Waals surface area contributed by atoms with Crippen molar-refractivity contribution >= 4 is 10.9 Å². The zero-order valence-electron chi connectivity index (χ0n) is 21.0. The van der Waals surface area contributed by atoms with Crippen LogP contribution in [-0.2, 0) is 18.6 Å². The molecule has 2 aromatic heterocycles. The van der Waals surface area contributed by atoms with E-state index in [4.69, 9.17) is 0 Å². The molecule has 0 aliphatic carbocycles. The third-order valence-corrected chi connectivity index (χ3v) is 6.81. The van der Waals surface area contributed by atoms with E-state index in [1.54, 1.807) is 12.1 Å². The van der Waals surface area contributed by atoms with Gasteiger partial charge in [0.25, 0.3) is 5.56 Å². The summed E-state index contributed by atoms with van der Waals surface area (Å²) in [4.78, 5) is 18.3. The first-order chi connectivity index (χ1) is 16.7. The monoisotopic (exact) mass is 476 g/mol. The normalized spacial score (nSPS) is 13.0. The number of aromatic amines is 1. The van der Waals surface area contributed by atoms with Crippen molar-refractivity contribution in [1.29, 1.82) is 0 Å². The summed E-state index contributed by atoms with van der Waals surface area (Å²) in [6, 6.07) is 14.3. The molecular formula is C27H33FN6O. The van der Waals surface area contributed by atoms with Crippen LogP contribution in [0.3, 0.4) is 0 Å². The maximum absolute atomic E-state index is 13.6. The van der Waals surface area contributed by atoms with E-state index in [1.807, 2.05) is 35.9 Å². The molecule has 4 aromatic rings. The van der Waals surface area contributed by atoms with Gasteiger partial charge in [-0.25, -0.2) is 9.07 Å². The van der Waals surface area contributed by atoms with Crippen molar-refractivity contribution in [3.63, 3.8) is 0 Å². The first kappa shape index (κ1) is 24.7. The van der Waals surface area contributed by atoms with Crippen molar-refractivity contribution < 1.29 is 4.39 Å². The molecule has 7 nitrogen and oxygen atoms in total. The molecule has 1 N–H and O–H groups in total. The van der Waals surface area contributed by atoms with Gasteiger partial charge in [-0.1, -0.05) is 38.1 Å². The molecule has 184 valence electrons.